The van der Waals surface area contributed by atoms with Gasteiger partial charge in [0, 0.05) is 6.54 Å². The molecule has 0 aliphatic heterocycles. The van der Waals surface area contributed by atoms with Gasteiger partial charge in [-0.15, -0.1) is 12.4 Å². The highest BCUT2D eigenvalue weighted by molar-refractivity contribution is 5.85. The molecule has 15 heavy (non-hydrogen) atoms. The minimum atomic E-state index is 0. The quantitative estimate of drug-likeness (QED) is 0.758. The van der Waals surface area contributed by atoms with Crippen molar-refractivity contribution in [1.29, 1.82) is 0 Å². The normalized spacial score (nSPS) is 10.6. The van der Waals surface area contributed by atoms with Gasteiger partial charge in [-0.2, -0.15) is 0 Å². The van der Waals surface area contributed by atoms with Crippen LogP contribution in [-0.2, 0) is 0 Å². The van der Waals surface area contributed by atoms with Crippen molar-refractivity contribution in [2.24, 2.45) is 5.92 Å². The van der Waals surface area contributed by atoms with Gasteiger partial charge in [0.1, 0.15) is 0 Å². The predicted molar refractivity (Wildman–Crippen MR) is 70.4 cm³/mol. The van der Waals surface area contributed by atoms with Gasteiger partial charge >= 0.3 is 0 Å². The molecular weight excluding hydrogens is 206 g/mol. The molecule has 1 aromatic rings. The van der Waals surface area contributed by atoms with Crippen molar-refractivity contribution < 1.29 is 0 Å². The van der Waals surface area contributed by atoms with E-state index in [1.54, 1.807) is 0 Å². The molecule has 1 nitrogen and oxygen atoms in total. The first-order valence-corrected chi connectivity index (χ1v) is 5.21. The molecule has 0 aromatic heterocycles. The van der Waals surface area contributed by atoms with Gasteiger partial charge in [-0.05, 0) is 18.0 Å². The minimum absolute atomic E-state index is 0. The van der Waals surface area contributed by atoms with E-state index in [2.05, 4.69) is 55.6 Å². The first-order chi connectivity index (χ1) is 6.79. The van der Waals surface area contributed by atoms with E-state index in [0.29, 0.717) is 0 Å². The van der Waals surface area contributed by atoms with Gasteiger partial charge in [-0.25, -0.2) is 0 Å². The van der Waals surface area contributed by atoms with Gasteiger partial charge in [0.2, 0.25) is 0 Å². The maximum absolute atomic E-state index is 3.37. The lowest BCUT2D eigenvalue weighted by atomic mass is 10.2. The van der Waals surface area contributed by atoms with Crippen LogP contribution in [0.15, 0.2) is 36.4 Å². The van der Waals surface area contributed by atoms with Gasteiger partial charge in [-0.1, -0.05) is 56.3 Å². The van der Waals surface area contributed by atoms with Crippen LogP contribution in [0, 0.1) is 5.92 Å². The van der Waals surface area contributed by atoms with Crippen molar-refractivity contribution in [2.45, 2.75) is 13.8 Å². The molecule has 0 amide bonds. The molecule has 0 bridgehead atoms. The van der Waals surface area contributed by atoms with E-state index < -0.39 is 0 Å². The second kappa shape index (κ2) is 8.51. The van der Waals surface area contributed by atoms with Crippen LogP contribution in [0.25, 0.3) is 6.08 Å². The summed E-state index contributed by atoms with van der Waals surface area (Å²) < 4.78 is 0. The summed E-state index contributed by atoms with van der Waals surface area (Å²) in [7, 11) is 0. The molecule has 0 saturated carbocycles. The number of rotatable bonds is 5. The van der Waals surface area contributed by atoms with E-state index in [4.69, 9.17) is 0 Å². The summed E-state index contributed by atoms with van der Waals surface area (Å²) in [4.78, 5) is 0. The summed E-state index contributed by atoms with van der Waals surface area (Å²) in [5.41, 5.74) is 1.26. The van der Waals surface area contributed by atoms with Gasteiger partial charge in [0.05, 0.1) is 0 Å². The van der Waals surface area contributed by atoms with E-state index in [9.17, 15) is 0 Å². The molecule has 0 atom stereocenters. The Bertz CT molecular complexity index is 267. The topological polar surface area (TPSA) is 12.0 Å². The van der Waals surface area contributed by atoms with E-state index in [1.807, 2.05) is 6.07 Å². The lowest BCUT2D eigenvalue weighted by molar-refractivity contribution is 0.577. The van der Waals surface area contributed by atoms with Crippen LogP contribution in [0.3, 0.4) is 0 Å². The van der Waals surface area contributed by atoms with Crippen LogP contribution in [0.2, 0.25) is 0 Å². The van der Waals surface area contributed by atoms with Crippen molar-refractivity contribution in [3.05, 3.63) is 42.0 Å². The summed E-state index contributed by atoms with van der Waals surface area (Å²) in [5.74, 6) is 0.722. The molecule has 84 valence electrons. The second-order valence-electron chi connectivity index (χ2n) is 3.87. The fourth-order valence-corrected chi connectivity index (χ4v) is 1.21. The number of benzene rings is 1. The maximum atomic E-state index is 3.37. The molecule has 0 radical (unpaired) electrons. The Hall–Kier alpha value is -0.790. The molecule has 2 heteroatoms. The van der Waals surface area contributed by atoms with Crippen LogP contribution in [-0.4, -0.2) is 13.1 Å². The van der Waals surface area contributed by atoms with Crippen LogP contribution >= 0.6 is 12.4 Å². The Kier molecular flexibility index (Phi) is 8.06. The van der Waals surface area contributed by atoms with E-state index in [0.717, 1.165) is 19.0 Å². The SMILES string of the molecule is CC(C)CNC/C=C/c1ccccc1.Cl. The number of hydrogen-bond acceptors (Lipinski definition) is 1. The summed E-state index contributed by atoms with van der Waals surface area (Å²) in [6, 6.07) is 10.4. The van der Waals surface area contributed by atoms with Crippen LogP contribution in [0.4, 0.5) is 0 Å². The molecule has 0 aliphatic rings. The Morgan fingerprint density at radius 3 is 2.47 bits per heavy atom. The Morgan fingerprint density at radius 2 is 1.87 bits per heavy atom. The summed E-state index contributed by atoms with van der Waals surface area (Å²) in [5, 5.41) is 3.37. The zero-order chi connectivity index (χ0) is 10.2. The average Bonchev–Trinajstić information content (AvgIpc) is 2.18. The molecular formula is C13H20ClN. The predicted octanol–water partition coefficient (Wildman–Crippen LogP) is 3.37. The van der Waals surface area contributed by atoms with Gasteiger partial charge in [0.25, 0.3) is 0 Å². The Balaban J connectivity index is 0.00000196. The number of hydrogen-bond donors (Lipinski definition) is 1. The average molecular weight is 226 g/mol. The smallest absolute Gasteiger partial charge is 0.0138 e. The lowest BCUT2D eigenvalue weighted by Gasteiger charge is -2.03. The monoisotopic (exact) mass is 225 g/mol. The molecule has 1 N–H and O–H groups in total. The van der Waals surface area contributed by atoms with Crippen molar-refractivity contribution in [1.82, 2.24) is 5.32 Å². The summed E-state index contributed by atoms with van der Waals surface area (Å²) in [6.07, 6.45) is 4.31. The Morgan fingerprint density at radius 1 is 1.20 bits per heavy atom. The van der Waals surface area contributed by atoms with Crippen LogP contribution in [0.5, 0.6) is 0 Å². The fraction of sp³-hybridized carbons (Fsp3) is 0.385. The first-order valence-electron chi connectivity index (χ1n) is 5.21. The Labute approximate surface area is 99.0 Å². The van der Waals surface area contributed by atoms with Gasteiger partial charge in [-0.3, -0.25) is 0 Å². The largest absolute Gasteiger partial charge is 0.313 e. The zero-order valence-electron chi connectivity index (χ0n) is 9.44. The van der Waals surface area contributed by atoms with E-state index in [1.165, 1.54) is 5.56 Å². The van der Waals surface area contributed by atoms with Crippen molar-refractivity contribution in [2.75, 3.05) is 13.1 Å². The maximum Gasteiger partial charge on any atom is 0.0138 e. The molecule has 0 saturated heterocycles. The van der Waals surface area contributed by atoms with Gasteiger partial charge in [0.15, 0.2) is 0 Å². The number of halogens is 1. The third-order valence-corrected chi connectivity index (χ3v) is 1.92. The molecule has 0 fully saturated rings. The highest BCUT2D eigenvalue weighted by Crippen LogP contribution is 1.99. The van der Waals surface area contributed by atoms with Crippen LogP contribution in [0.1, 0.15) is 19.4 Å². The summed E-state index contributed by atoms with van der Waals surface area (Å²) >= 11 is 0. The second-order valence-corrected chi connectivity index (χ2v) is 3.87. The molecule has 0 heterocycles. The molecule has 0 unspecified atom stereocenters. The molecule has 1 aromatic carbocycles. The van der Waals surface area contributed by atoms with E-state index >= 15 is 0 Å². The third-order valence-electron chi connectivity index (χ3n) is 1.92. The van der Waals surface area contributed by atoms with Crippen molar-refractivity contribution in [3.8, 4) is 0 Å². The summed E-state index contributed by atoms with van der Waals surface area (Å²) in [6.45, 7) is 6.47. The minimum Gasteiger partial charge on any atom is -0.313 e. The fourth-order valence-electron chi connectivity index (χ4n) is 1.21. The van der Waals surface area contributed by atoms with Crippen molar-refractivity contribution in [3.63, 3.8) is 0 Å². The van der Waals surface area contributed by atoms with Crippen LogP contribution < -0.4 is 5.32 Å². The highest BCUT2D eigenvalue weighted by atomic mass is 35.5. The molecule has 0 aliphatic carbocycles. The van der Waals surface area contributed by atoms with E-state index in [-0.39, 0.29) is 12.4 Å². The standard InChI is InChI=1S/C13H19N.ClH/c1-12(2)11-14-10-6-9-13-7-4-3-5-8-13;/h3-9,12,14H,10-11H2,1-2H3;1H/b9-6+;. The number of nitrogens with one attached hydrogen (secondary N) is 1. The highest BCUT2D eigenvalue weighted by Gasteiger charge is 1.89. The molecule has 0 spiro atoms. The third kappa shape index (κ3) is 7.18. The first kappa shape index (κ1) is 14.2. The lowest BCUT2D eigenvalue weighted by Crippen LogP contribution is -2.19. The zero-order valence-corrected chi connectivity index (χ0v) is 10.3. The van der Waals surface area contributed by atoms with Gasteiger partial charge < -0.3 is 5.32 Å². The van der Waals surface area contributed by atoms with Crippen molar-refractivity contribution >= 4 is 18.5 Å². The molecule has 1 rings (SSSR count).